The molecule has 7 nitrogen and oxygen atoms in total. The number of hydrazone groups is 1. The number of fused-ring (bicyclic) bond motifs is 1. The van der Waals surface area contributed by atoms with Gasteiger partial charge in [-0.15, -0.1) is 0 Å². The number of hydrogen-bond donors (Lipinski definition) is 2. The van der Waals surface area contributed by atoms with Gasteiger partial charge in [0.1, 0.15) is 5.76 Å². The molecule has 0 bridgehead atoms. The number of nitrogens with one attached hydrogen (secondary N) is 2. The van der Waals surface area contributed by atoms with Crippen LogP contribution in [0.3, 0.4) is 0 Å². The molecule has 2 amide bonds. The monoisotopic (exact) mass is 480 g/mol. The van der Waals surface area contributed by atoms with Crippen LogP contribution in [0.5, 0.6) is 0 Å². The van der Waals surface area contributed by atoms with Gasteiger partial charge >= 0.3 is 23.9 Å². The van der Waals surface area contributed by atoms with Gasteiger partial charge in [0.15, 0.2) is 5.76 Å². The van der Waals surface area contributed by atoms with E-state index >= 15 is 0 Å². The second-order valence-corrected chi connectivity index (χ2v) is 7.05. The molecule has 0 aromatic carbocycles. The van der Waals surface area contributed by atoms with E-state index in [2.05, 4.69) is 15.4 Å². The predicted molar refractivity (Wildman–Crippen MR) is 99.2 cm³/mol. The molecule has 2 heterocycles. The highest BCUT2D eigenvalue weighted by Gasteiger charge is 2.76. The minimum Gasteiger partial charge on any atom is -0.455 e. The number of anilines is 1. The van der Waals surface area contributed by atoms with Crippen molar-refractivity contribution in [3.8, 4) is 0 Å². The molecular formula is C19H15F7N4O3. The molecule has 0 aliphatic heterocycles. The molecule has 0 fully saturated rings. The number of rotatable bonds is 5. The smallest absolute Gasteiger partial charge is 0.455 e. The Bertz CT molecular complexity index is 1090. The van der Waals surface area contributed by atoms with Crippen molar-refractivity contribution in [3.63, 3.8) is 0 Å². The van der Waals surface area contributed by atoms with E-state index in [9.17, 15) is 40.3 Å². The molecule has 1 aliphatic carbocycles. The maximum atomic E-state index is 13.5. The molecule has 2 N–H and O–H groups in total. The molecule has 0 radical (unpaired) electrons. The Kier molecular flexibility index (Phi) is 6.22. The van der Waals surface area contributed by atoms with E-state index in [0.29, 0.717) is 18.5 Å². The minimum absolute atomic E-state index is 0.0541. The third-order valence-corrected chi connectivity index (χ3v) is 4.78. The van der Waals surface area contributed by atoms with Crippen molar-refractivity contribution in [2.45, 2.75) is 44.2 Å². The fourth-order valence-electron chi connectivity index (χ4n) is 3.13. The predicted octanol–water partition coefficient (Wildman–Crippen LogP) is 4.22. The number of aryl methyl sites for hydroxylation is 1. The van der Waals surface area contributed by atoms with Crippen molar-refractivity contribution < 1.29 is 44.7 Å². The second-order valence-electron chi connectivity index (χ2n) is 7.05. The Morgan fingerprint density at radius 3 is 2.42 bits per heavy atom. The number of carbonyl (C=O) groups is 2. The first-order valence-electron chi connectivity index (χ1n) is 9.30. The maximum Gasteiger partial charge on any atom is 0.460 e. The number of furan rings is 1. The van der Waals surface area contributed by atoms with Crippen LogP contribution in [-0.2, 0) is 11.2 Å². The van der Waals surface area contributed by atoms with Crippen LogP contribution in [0.2, 0.25) is 0 Å². The summed E-state index contributed by atoms with van der Waals surface area (Å²) < 4.78 is 95.5. The fraction of sp³-hybridized carbons (Fsp3) is 0.368. The summed E-state index contributed by atoms with van der Waals surface area (Å²) in [7, 11) is 0. The summed E-state index contributed by atoms with van der Waals surface area (Å²) in [5, 5.41) is 5.87. The standard InChI is InChI=1S/C19H15F7N4O3/c1-9-13-11(29-30-16(32)17(20,21)18(22,23)19(24,25)26)5-2-6-12(13)33-14(9)15(31)28-10-4-3-7-27-8-10/h3-4,7-8H,2,5-6H2,1H3,(H,28,31)(H,30,32)/b29-11+. The van der Waals surface area contributed by atoms with Gasteiger partial charge < -0.3 is 9.73 Å². The Labute approximate surface area is 181 Å². The first-order valence-corrected chi connectivity index (χ1v) is 9.30. The minimum atomic E-state index is -6.66. The van der Waals surface area contributed by atoms with Gasteiger partial charge in [-0.1, -0.05) is 0 Å². The Hall–Kier alpha value is -3.45. The lowest BCUT2D eigenvalue weighted by molar-refractivity contribution is -0.344. The molecule has 178 valence electrons. The van der Waals surface area contributed by atoms with Crippen LogP contribution >= 0.6 is 0 Å². The zero-order chi connectivity index (χ0) is 24.6. The summed E-state index contributed by atoms with van der Waals surface area (Å²) in [6.45, 7) is 1.44. The van der Waals surface area contributed by atoms with Gasteiger partial charge in [-0.3, -0.25) is 14.6 Å². The van der Waals surface area contributed by atoms with Crippen LogP contribution < -0.4 is 10.7 Å². The Balaban J connectivity index is 1.85. The average Bonchev–Trinajstić information content (AvgIpc) is 3.09. The molecule has 0 unspecified atom stereocenters. The van der Waals surface area contributed by atoms with E-state index in [-0.39, 0.29) is 34.8 Å². The van der Waals surface area contributed by atoms with Gasteiger partial charge in [0.05, 0.1) is 17.6 Å². The van der Waals surface area contributed by atoms with E-state index in [1.807, 2.05) is 0 Å². The normalized spacial score (nSPS) is 15.8. The molecule has 3 rings (SSSR count). The van der Waals surface area contributed by atoms with Gasteiger partial charge in [-0.05, 0) is 31.9 Å². The molecule has 1 aliphatic rings. The number of nitrogens with zero attached hydrogens (tertiary/aromatic N) is 2. The first-order chi connectivity index (χ1) is 15.3. The number of pyridine rings is 1. The second kappa shape index (κ2) is 8.48. The highest BCUT2D eigenvalue weighted by Crippen LogP contribution is 2.46. The number of halogens is 7. The van der Waals surface area contributed by atoms with Crippen LogP contribution in [0.15, 0.2) is 34.0 Å². The van der Waals surface area contributed by atoms with E-state index in [4.69, 9.17) is 4.42 Å². The lowest BCUT2D eigenvalue weighted by Gasteiger charge is -2.26. The highest BCUT2D eigenvalue weighted by molar-refractivity contribution is 6.09. The molecule has 0 saturated heterocycles. The van der Waals surface area contributed by atoms with Gasteiger partial charge in [0.2, 0.25) is 0 Å². The summed E-state index contributed by atoms with van der Waals surface area (Å²) in [5.74, 6) is -16.2. The van der Waals surface area contributed by atoms with Crippen LogP contribution in [-0.4, -0.2) is 40.5 Å². The Morgan fingerprint density at radius 2 is 1.82 bits per heavy atom. The highest BCUT2D eigenvalue weighted by atomic mass is 19.4. The number of carbonyl (C=O) groups excluding carboxylic acids is 2. The van der Waals surface area contributed by atoms with Gasteiger partial charge in [0, 0.05) is 23.7 Å². The SMILES string of the molecule is Cc1c(C(=O)Nc2cccnc2)oc2c1/C(=N/NC(=O)C(F)(F)C(F)(F)C(F)(F)F)CCC2. The van der Waals surface area contributed by atoms with Crippen molar-refractivity contribution >= 4 is 23.2 Å². The fourth-order valence-corrected chi connectivity index (χ4v) is 3.13. The molecule has 0 saturated carbocycles. The zero-order valence-electron chi connectivity index (χ0n) is 16.7. The van der Waals surface area contributed by atoms with E-state index in [0.717, 1.165) is 5.43 Å². The summed E-state index contributed by atoms with van der Waals surface area (Å²) in [4.78, 5) is 27.8. The third kappa shape index (κ3) is 4.41. The van der Waals surface area contributed by atoms with E-state index in [1.165, 1.54) is 19.3 Å². The van der Waals surface area contributed by atoms with E-state index in [1.54, 1.807) is 12.1 Å². The largest absolute Gasteiger partial charge is 0.460 e. The molecule has 2 aromatic rings. The van der Waals surface area contributed by atoms with Crippen LogP contribution in [0, 0.1) is 6.92 Å². The van der Waals surface area contributed by atoms with Crippen molar-refractivity contribution in [2.24, 2.45) is 5.10 Å². The average molecular weight is 480 g/mol. The number of hydrogen-bond acceptors (Lipinski definition) is 5. The van der Waals surface area contributed by atoms with Crippen molar-refractivity contribution in [2.75, 3.05) is 5.32 Å². The molecular weight excluding hydrogens is 465 g/mol. The third-order valence-electron chi connectivity index (χ3n) is 4.78. The lowest BCUT2D eigenvalue weighted by atomic mass is 9.93. The van der Waals surface area contributed by atoms with Gasteiger partial charge in [-0.2, -0.15) is 35.8 Å². The summed E-state index contributed by atoms with van der Waals surface area (Å²) >= 11 is 0. The molecule has 14 heteroatoms. The number of amides is 2. The Morgan fingerprint density at radius 1 is 1.12 bits per heavy atom. The summed E-state index contributed by atoms with van der Waals surface area (Å²) in [5.41, 5.74) is 1.71. The van der Waals surface area contributed by atoms with E-state index < -0.39 is 29.8 Å². The summed E-state index contributed by atoms with van der Waals surface area (Å²) in [6.07, 6.45) is -3.11. The van der Waals surface area contributed by atoms with Crippen LogP contribution in [0.4, 0.5) is 36.4 Å². The number of alkyl halides is 7. The van der Waals surface area contributed by atoms with Crippen LogP contribution in [0.1, 0.15) is 40.3 Å². The lowest BCUT2D eigenvalue weighted by Crippen LogP contribution is -2.58. The molecule has 33 heavy (non-hydrogen) atoms. The van der Waals surface area contributed by atoms with Crippen molar-refractivity contribution in [3.05, 3.63) is 47.2 Å². The maximum absolute atomic E-state index is 13.5. The molecule has 2 aromatic heterocycles. The van der Waals surface area contributed by atoms with Gasteiger partial charge in [-0.25, -0.2) is 5.43 Å². The zero-order valence-corrected chi connectivity index (χ0v) is 16.7. The quantitative estimate of drug-likeness (QED) is 0.495. The molecule has 0 spiro atoms. The summed E-state index contributed by atoms with van der Waals surface area (Å²) in [6, 6.07) is 3.13. The van der Waals surface area contributed by atoms with Gasteiger partial charge in [0.25, 0.3) is 5.91 Å². The van der Waals surface area contributed by atoms with Crippen molar-refractivity contribution in [1.29, 1.82) is 0 Å². The molecule has 0 atom stereocenters. The van der Waals surface area contributed by atoms with Crippen LogP contribution in [0.25, 0.3) is 0 Å². The van der Waals surface area contributed by atoms with Crippen molar-refractivity contribution in [1.82, 2.24) is 10.4 Å². The first kappa shape index (κ1) is 24.2. The topological polar surface area (TPSA) is 96.6 Å². The number of aromatic nitrogens is 1.